The van der Waals surface area contributed by atoms with E-state index in [9.17, 15) is 10.2 Å². The third-order valence-corrected chi connectivity index (χ3v) is 6.12. The summed E-state index contributed by atoms with van der Waals surface area (Å²) >= 11 is 0. The Morgan fingerprint density at radius 1 is 0.414 bits per heavy atom. The zero-order valence-corrected chi connectivity index (χ0v) is 19.8. The molecule has 29 heavy (non-hydrogen) atoms. The van der Waals surface area contributed by atoms with Crippen LogP contribution in [0.3, 0.4) is 0 Å². The molecule has 0 aliphatic rings. The van der Waals surface area contributed by atoms with E-state index in [1.54, 1.807) is 0 Å². The standard InChI is InChI=1S/C26H54O3/c1-25(28)21-19-17-15-13-11-9-7-5-3-2-4-6-8-10-12-14-16-18-20-22-26(29)23-24-27/h25-29H,2-24H2,1H3/t25-,26-/m1/s1. The molecule has 0 radical (unpaired) electrons. The fourth-order valence-electron chi connectivity index (χ4n) is 4.12. The first-order valence-electron chi connectivity index (χ1n) is 13.1. The van der Waals surface area contributed by atoms with Crippen molar-refractivity contribution in [3.05, 3.63) is 0 Å². The lowest BCUT2D eigenvalue weighted by Gasteiger charge is -2.08. The minimum atomic E-state index is -0.295. The van der Waals surface area contributed by atoms with Crippen molar-refractivity contribution in [2.24, 2.45) is 0 Å². The SMILES string of the molecule is C[C@@H](O)CCCCCCCCCCCCCCCCCCCCC[C@@H](O)CCO. The number of unbranched alkanes of at least 4 members (excludes halogenated alkanes) is 18. The van der Waals surface area contributed by atoms with Gasteiger partial charge in [-0.15, -0.1) is 0 Å². The van der Waals surface area contributed by atoms with Crippen LogP contribution in [-0.2, 0) is 0 Å². The van der Waals surface area contributed by atoms with Crippen molar-refractivity contribution < 1.29 is 15.3 Å². The molecular weight excluding hydrogens is 360 g/mol. The predicted octanol–water partition coefficient (Wildman–Crippen LogP) is 7.30. The summed E-state index contributed by atoms with van der Waals surface area (Å²) in [5, 5.41) is 27.5. The van der Waals surface area contributed by atoms with E-state index < -0.39 is 0 Å². The van der Waals surface area contributed by atoms with E-state index in [1.165, 1.54) is 116 Å². The summed E-state index contributed by atoms with van der Waals surface area (Å²) in [5.74, 6) is 0. The summed E-state index contributed by atoms with van der Waals surface area (Å²) in [6.07, 6.45) is 27.7. The number of rotatable bonds is 24. The molecule has 176 valence electrons. The summed E-state index contributed by atoms with van der Waals surface area (Å²) in [6.45, 7) is 1.99. The highest BCUT2D eigenvalue weighted by atomic mass is 16.3. The van der Waals surface area contributed by atoms with Gasteiger partial charge in [0.05, 0.1) is 12.2 Å². The van der Waals surface area contributed by atoms with Crippen molar-refractivity contribution in [3.63, 3.8) is 0 Å². The van der Waals surface area contributed by atoms with Gasteiger partial charge in [-0.2, -0.15) is 0 Å². The second-order valence-corrected chi connectivity index (χ2v) is 9.31. The lowest BCUT2D eigenvalue weighted by Crippen LogP contribution is -2.08. The first-order chi connectivity index (χ1) is 14.2. The average molecular weight is 415 g/mol. The maximum Gasteiger partial charge on any atom is 0.0562 e. The molecule has 3 heteroatoms. The average Bonchev–Trinajstić information content (AvgIpc) is 2.69. The Balaban J connectivity index is 3.03. The Hall–Kier alpha value is -0.120. The van der Waals surface area contributed by atoms with Gasteiger partial charge in [-0.3, -0.25) is 0 Å². The van der Waals surface area contributed by atoms with Crippen molar-refractivity contribution in [2.75, 3.05) is 6.61 Å². The fraction of sp³-hybridized carbons (Fsp3) is 1.00. The van der Waals surface area contributed by atoms with E-state index in [2.05, 4.69) is 0 Å². The molecule has 0 rings (SSSR count). The third-order valence-electron chi connectivity index (χ3n) is 6.12. The van der Waals surface area contributed by atoms with E-state index in [1.807, 2.05) is 6.92 Å². The normalized spacial score (nSPS) is 13.7. The predicted molar refractivity (Wildman–Crippen MR) is 126 cm³/mol. The highest BCUT2D eigenvalue weighted by molar-refractivity contribution is 4.56. The maximum absolute atomic E-state index is 9.55. The van der Waals surface area contributed by atoms with Crippen molar-refractivity contribution in [2.45, 2.75) is 160 Å². The molecule has 0 aliphatic carbocycles. The molecule has 0 saturated heterocycles. The second kappa shape index (κ2) is 24.2. The van der Waals surface area contributed by atoms with E-state index in [4.69, 9.17) is 5.11 Å². The van der Waals surface area contributed by atoms with Crippen LogP contribution in [0, 0.1) is 0 Å². The molecule has 0 amide bonds. The molecule has 0 aliphatic heterocycles. The van der Waals surface area contributed by atoms with Crippen LogP contribution >= 0.6 is 0 Å². The van der Waals surface area contributed by atoms with Gasteiger partial charge < -0.3 is 15.3 Å². The van der Waals surface area contributed by atoms with Crippen LogP contribution in [0.5, 0.6) is 0 Å². The van der Waals surface area contributed by atoms with E-state index in [-0.39, 0.29) is 18.8 Å². The third kappa shape index (κ3) is 25.8. The van der Waals surface area contributed by atoms with Gasteiger partial charge in [-0.25, -0.2) is 0 Å². The van der Waals surface area contributed by atoms with E-state index in [0.29, 0.717) is 6.42 Å². The van der Waals surface area contributed by atoms with E-state index in [0.717, 1.165) is 19.3 Å². The molecule has 3 N–H and O–H groups in total. The quantitative estimate of drug-likeness (QED) is 0.145. The Kier molecular flexibility index (Phi) is 24.1. The van der Waals surface area contributed by atoms with Crippen LogP contribution in [0.15, 0.2) is 0 Å². The smallest absolute Gasteiger partial charge is 0.0562 e. The molecule has 0 spiro atoms. The highest BCUT2D eigenvalue weighted by Gasteiger charge is 2.02. The Morgan fingerprint density at radius 2 is 0.690 bits per heavy atom. The minimum absolute atomic E-state index is 0.105. The molecule has 0 aromatic carbocycles. The zero-order chi connectivity index (χ0) is 21.4. The van der Waals surface area contributed by atoms with Gasteiger partial charge in [0.1, 0.15) is 0 Å². The van der Waals surface area contributed by atoms with Gasteiger partial charge >= 0.3 is 0 Å². The van der Waals surface area contributed by atoms with Gasteiger partial charge in [-0.05, 0) is 26.2 Å². The van der Waals surface area contributed by atoms with Crippen molar-refractivity contribution in [3.8, 4) is 0 Å². The maximum atomic E-state index is 9.55. The number of hydrogen-bond acceptors (Lipinski definition) is 3. The topological polar surface area (TPSA) is 60.7 Å². The van der Waals surface area contributed by atoms with Crippen LogP contribution in [0.1, 0.15) is 148 Å². The number of aliphatic hydroxyl groups excluding tert-OH is 3. The molecule has 0 saturated carbocycles. The Morgan fingerprint density at radius 3 is 0.966 bits per heavy atom. The largest absolute Gasteiger partial charge is 0.396 e. The minimum Gasteiger partial charge on any atom is -0.396 e. The lowest BCUT2D eigenvalue weighted by atomic mass is 10.0. The molecule has 0 heterocycles. The molecule has 0 unspecified atom stereocenters. The van der Waals surface area contributed by atoms with Crippen LogP contribution in [0.25, 0.3) is 0 Å². The van der Waals surface area contributed by atoms with Crippen LogP contribution in [0.4, 0.5) is 0 Å². The van der Waals surface area contributed by atoms with Crippen LogP contribution in [-0.4, -0.2) is 34.1 Å². The fourth-order valence-corrected chi connectivity index (χ4v) is 4.12. The van der Waals surface area contributed by atoms with Gasteiger partial charge in [0.2, 0.25) is 0 Å². The second-order valence-electron chi connectivity index (χ2n) is 9.31. The van der Waals surface area contributed by atoms with Crippen LogP contribution < -0.4 is 0 Å². The van der Waals surface area contributed by atoms with Crippen molar-refractivity contribution in [1.82, 2.24) is 0 Å². The Labute approximate surface area is 182 Å². The van der Waals surface area contributed by atoms with Crippen molar-refractivity contribution >= 4 is 0 Å². The summed E-state index contributed by atoms with van der Waals surface area (Å²) in [5.41, 5.74) is 0. The summed E-state index contributed by atoms with van der Waals surface area (Å²) in [7, 11) is 0. The summed E-state index contributed by atoms with van der Waals surface area (Å²) < 4.78 is 0. The van der Waals surface area contributed by atoms with Gasteiger partial charge in [0, 0.05) is 6.61 Å². The first-order valence-corrected chi connectivity index (χ1v) is 13.1. The van der Waals surface area contributed by atoms with Gasteiger partial charge in [0.15, 0.2) is 0 Å². The highest BCUT2D eigenvalue weighted by Crippen LogP contribution is 2.15. The summed E-state index contributed by atoms with van der Waals surface area (Å²) in [6, 6.07) is 0. The monoisotopic (exact) mass is 414 g/mol. The number of hydrogen-bond donors (Lipinski definition) is 3. The van der Waals surface area contributed by atoms with Crippen LogP contribution in [0.2, 0.25) is 0 Å². The van der Waals surface area contributed by atoms with Crippen molar-refractivity contribution in [1.29, 1.82) is 0 Å². The molecule has 0 bridgehead atoms. The lowest BCUT2D eigenvalue weighted by molar-refractivity contribution is 0.122. The first kappa shape index (κ1) is 28.9. The Bertz CT molecular complexity index is 294. The van der Waals surface area contributed by atoms with Gasteiger partial charge in [0.25, 0.3) is 0 Å². The molecule has 0 aromatic heterocycles. The zero-order valence-electron chi connectivity index (χ0n) is 19.8. The molecule has 0 aromatic rings. The van der Waals surface area contributed by atoms with Gasteiger partial charge in [-0.1, -0.05) is 122 Å². The summed E-state index contributed by atoms with van der Waals surface area (Å²) in [4.78, 5) is 0. The van der Waals surface area contributed by atoms with E-state index >= 15 is 0 Å². The molecule has 2 atom stereocenters. The molecule has 3 nitrogen and oxygen atoms in total. The molecular formula is C26H54O3. The number of aliphatic hydroxyl groups is 3. The molecule has 0 fully saturated rings.